The van der Waals surface area contributed by atoms with Crippen molar-refractivity contribution in [1.82, 2.24) is 19.3 Å². The van der Waals surface area contributed by atoms with Gasteiger partial charge in [-0.25, -0.2) is 4.98 Å². The molecule has 0 amide bonds. The fourth-order valence-electron chi connectivity index (χ4n) is 3.32. The first-order valence-electron chi connectivity index (χ1n) is 8.19. The number of fused-ring (bicyclic) bond motifs is 1. The molecule has 0 spiro atoms. The Morgan fingerprint density at radius 2 is 1.92 bits per heavy atom. The van der Waals surface area contributed by atoms with E-state index in [-0.39, 0.29) is 13.4 Å². The summed E-state index contributed by atoms with van der Waals surface area (Å²) >= 11 is 0. The third-order valence-corrected chi connectivity index (χ3v) is 4.50. The molecule has 7 nitrogen and oxygen atoms in total. The molecule has 1 aromatic carbocycles. The van der Waals surface area contributed by atoms with Crippen molar-refractivity contribution in [3.63, 3.8) is 0 Å². The molecule has 0 saturated heterocycles. The zero-order valence-corrected chi connectivity index (χ0v) is 14.5. The first-order valence-corrected chi connectivity index (χ1v) is 8.19. The Labute approximate surface area is 145 Å². The van der Waals surface area contributed by atoms with Gasteiger partial charge in [0.1, 0.15) is 5.82 Å². The number of nitrogens with zero attached hydrogens (tertiary/aromatic N) is 4. The highest BCUT2D eigenvalue weighted by Gasteiger charge is 2.21. The largest absolute Gasteiger partial charge is 0.454 e. The van der Waals surface area contributed by atoms with Gasteiger partial charge in [-0.2, -0.15) is 5.10 Å². The van der Waals surface area contributed by atoms with E-state index in [1.54, 1.807) is 6.20 Å². The smallest absolute Gasteiger partial charge is 0.231 e. The lowest BCUT2D eigenvalue weighted by molar-refractivity contribution is 0.174. The van der Waals surface area contributed by atoms with Gasteiger partial charge in [0.2, 0.25) is 6.79 Å². The fraction of sp³-hybridized carbons (Fsp3) is 0.333. The zero-order valence-electron chi connectivity index (χ0n) is 14.5. The normalized spacial score (nSPS) is 12.8. The molecule has 3 aromatic rings. The SMILES string of the molecule is Cc1cc2c(cc1-c1nccn1-c1c(C)nn(CCO)c1C)OCO2. The third kappa shape index (κ3) is 2.47. The van der Waals surface area contributed by atoms with Crippen LogP contribution in [-0.4, -0.2) is 37.8 Å². The van der Waals surface area contributed by atoms with E-state index in [0.717, 1.165) is 45.5 Å². The van der Waals surface area contributed by atoms with Gasteiger partial charge in [0.15, 0.2) is 11.5 Å². The van der Waals surface area contributed by atoms with Crippen LogP contribution in [0.25, 0.3) is 17.1 Å². The third-order valence-electron chi connectivity index (χ3n) is 4.50. The maximum absolute atomic E-state index is 9.23. The van der Waals surface area contributed by atoms with Crippen LogP contribution >= 0.6 is 0 Å². The van der Waals surface area contributed by atoms with Crippen molar-refractivity contribution in [1.29, 1.82) is 0 Å². The number of rotatable bonds is 4. The molecule has 1 aliphatic rings. The lowest BCUT2D eigenvalue weighted by Gasteiger charge is -2.12. The minimum Gasteiger partial charge on any atom is -0.454 e. The van der Waals surface area contributed by atoms with Crippen molar-refractivity contribution in [2.45, 2.75) is 27.3 Å². The summed E-state index contributed by atoms with van der Waals surface area (Å²) in [7, 11) is 0. The highest BCUT2D eigenvalue weighted by Crippen LogP contribution is 2.38. The maximum Gasteiger partial charge on any atom is 0.231 e. The summed E-state index contributed by atoms with van der Waals surface area (Å²) in [6, 6.07) is 3.95. The van der Waals surface area contributed by atoms with Crippen LogP contribution in [0.15, 0.2) is 24.5 Å². The number of benzene rings is 1. The molecule has 25 heavy (non-hydrogen) atoms. The van der Waals surface area contributed by atoms with Gasteiger partial charge in [-0.1, -0.05) is 0 Å². The Kier molecular flexibility index (Phi) is 3.73. The van der Waals surface area contributed by atoms with Crippen molar-refractivity contribution in [3.05, 3.63) is 41.5 Å². The molecule has 0 saturated carbocycles. The van der Waals surface area contributed by atoms with Crippen LogP contribution in [0.2, 0.25) is 0 Å². The van der Waals surface area contributed by atoms with Crippen molar-refractivity contribution in [2.75, 3.05) is 13.4 Å². The molecule has 0 fully saturated rings. The molecule has 0 aliphatic carbocycles. The van der Waals surface area contributed by atoms with E-state index in [0.29, 0.717) is 6.54 Å². The second-order valence-electron chi connectivity index (χ2n) is 6.11. The highest BCUT2D eigenvalue weighted by molar-refractivity contribution is 5.68. The number of aryl methyl sites for hydroxylation is 2. The summed E-state index contributed by atoms with van der Waals surface area (Å²) in [6.07, 6.45) is 3.71. The predicted molar refractivity (Wildman–Crippen MR) is 92.2 cm³/mol. The first-order chi connectivity index (χ1) is 12.1. The van der Waals surface area contributed by atoms with Crippen molar-refractivity contribution in [2.24, 2.45) is 0 Å². The zero-order chi connectivity index (χ0) is 17.6. The lowest BCUT2D eigenvalue weighted by atomic mass is 10.1. The predicted octanol–water partition coefficient (Wildman–Crippen LogP) is 2.38. The van der Waals surface area contributed by atoms with Gasteiger partial charge in [0.25, 0.3) is 0 Å². The van der Waals surface area contributed by atoms with Crippen LogP contribution in [0.5, 0.6) is 11.5 Å². The molecule has 1 N–H and O–H groups in total. The summed E-state index contributed by atoms with van der Waals surface area (Å²) < 4.78 is 14.8. The number of aliphatic hydroxyl groups is 1. The molecule has 3 heterocycles. The average molecular weight is 340 g/mol. The number of aromatic nitrogens is 4. The van der Waals surface area contributed by atoms with E-state index >= 15 is 0 Å². The minimum atomic E-state index is 0.0550. The van der Waals surface area contributed by atoms with E-state index in [1.807, 2.05) is 48.3 Å². The standard InChI is InChI=1S/C18H20N4O3/c1-11-8-15-16(25-10-24-15)9-14(11)18-19-4-5-21(18)17-12(2)20-22(6-7-23)13(17)3/h4-5,8-9,23H,6-7,10H2,1-3H3. The van der Waals surface area contributed by atoms with Crippen LogP contribution in [-0.2, 0) is 6.54 Å². The molecule has 0 radical (unpaired) electrons. The molecule has 2 aromatic heterocycles. The number of hydrogen-bond donors (Lipinski definition) is 1. The van der Waals surface area contributed by atoms with Gasteiger partial charge >= 0.3 is 0 Å². The van der Waals surface area contributed by atoms with Crippen LogP contribution in [0, 0.1) is 20.8 Å². The van der Waals surface area contributed by atoms with Gasteiger partial charge in [-0.05, 0) is 38.5 Å². The number of hydrogen-bond acceptors (Lipinski definition) is 5. The molecule has 4 rings (SSSR count). The van der Waals surface area contributed by atoms with Gasteiger partial charge in [-0.15, -0.1) is 0 Å². The highest BCUT2D eigenvalue weighted by atomic mass is 16.7. The Hall–Kier alpha value is -2.80. The second kappa shape index (κ2) is 5.93. The average Bonchev–Trinajstić information content (AvgIpc) is 3.27. The van der Waals surface area contributed by atoms with Crippen molar-refractivity contribution in [3.8, 4) is 28.6 Å². The van der Waals surface area contributed by atoms with Crippen molar-refractivity contribution >= 4 is 0 Å². The summed E-state index contributed by atoms with van der Waals surface area (Å²) in [4.78, 5) is 4.57. The van der Waals surface area contributed by atoms with E-state index in [9.17, 15) is 5.11 Å². The molecule has 0 bridgehead atoms. The first kappa shape index (κ1) is 15.7. The molecule has 0 atom stereocenters. The molecule has 1 aliphatic heterocycles. The summed E-state index contributed by atoms with van der Waals surface area (Å²) in [6.45, 7) is 6.77. The van der Waals surface area contributed by atoms with E-state index in [2.05, 4.69) is 10.1 Å². The Bertz CT molecular complexity index is 942. The molecular weight excluding hydrogens is 320 g/mol. The minimum absolute atomic E-state index is 0.0550. The van der Waals surface area contributed by atoms with Crippen LogP contribution in [0.3, 0.4) is 0 Å². The van der Waals surface area contributed by atoms with Gasteiger partial charge < -0.3 is 14.6 Å². The molecule has 130 valence electrons. The van der Waals surface area contributed by atoms with Gasteiger partial charge in [0, 0.05) is 18.0 Å². The van der Waals surface area contributed by atoms with Gasteiger partial charge in [0.05, 0.1) is 30.2 Å². The number of aliphatic hydroxyl groups excluding tert-OH is 1. The second-order valence-corrected chi connectivity index (χ2v) is 6.11. The van der Waals surface area contributed by atoms with Gasteiger partial charge in [-0.3, -0.25) is 9.25 Å². The number of ether oxygens (including phenoxy) is 2. The number of imidazole rings is 1. The van der Waals surface area contributed by atoms with Crippen molar-refractivity contribution < 1.29 is 14.6 Å². The van der Waals surface area contributed by atoms with Crippen LogP contribution < -0.4 is 9.47 Å². The van der Waals surface area contributed by atoms with E-state index < -0.39 is 0 Å². The summed E-state index contributed by atoms with van der Waals surface area (Å²) in [5, 5.41) is 13.8. The van der Waals surface area contributed by atoms with Crippen LogP contribution in [0.4, 0.5) is 0 Å². The fourth-order valence-corrected chi connectivity index (χ4v) is 3.32. The maximum atomic E-state index is 9.23. The Morgan fingerprint density at radius 3 is 2.68 bits per heavy atom. The molecule has 7 heteroatoms. The van der Waals surface area contributed by atoms with Crippen LogP contribution in [0.1, 0.15) is 17.0 Å². The quantitative estimate of drug-likeness (QED) is 0.789. The van der Waals surface area contributed by atoms with E-state index in [1.165, 1.54) is 0 Å². The van der Waals surface area contributed by atoms with E-state index in [4.69, 9.17) is 9.47 Å². The summed E-state index contributed by atoms with van der Waals surface area (Å²) in [5.74, 6) is 2.33. The summed E-state index contributed by atoms with van der Waals surface area (Å²) in [5.41, 5.74) is 4.92. The topological polar surface area (TPSA) is 74.3 Å². The Balaban J connectivity index is 1.86. The Morgan fingerprint density at radius 1 is 1.16 bits per heavy atom. The molecular formula is C18H20N4O3. The monoisotopic (exact) mass is 340 g/mol. The molecule has 0 unspecified atom stereocenters. The lowest BCUT2D eigenvalue weighted by Crippen LogP contribution is -2.06.